The minimum atomic E-state index is -0.561. The molecule has 1 aromatic heterocycles. The van der Waals surface area contributed by atoms with E-state index in [-0.39, 0.29) is 0 Å². The van der Waals surface area contributed by atoms with Gasteiger partial charge >= 0.3 is 0 Å². The molecule has 0 amide bonds. The minimum Gasteiger partial charge on any atom is -0.456 e. The Morgan fingerprint density at radius 2 is 0.688 bits per heavy atom. The number of furan rings is 1. The summed E-state index contributed by atoms with van der Waals surface area (Å²) in [5.74, 6) is 0. The highest BCUT2D eigenvalue weighted by Crippen LogP contribution is 2.67. The maximum Gasteiger partial charge on any atom is 0.135 e. The van der Waals surface area contributed by atoms with Crippen LogP contribution in [0.3, 0.4) is 0 Å². The van der Waals surface area contributed by atoms with E-state index >= 15 is 0 Å². The first-order valence-electron chi connectivity index (χ1n) is 22.3. The van der Waals surface area contributed by atoms with E-state index in [1.165, 1.54) is 121 Å². The third kappa shape index (κ3) is 4.20. The minimum absolute atomic E-state index is 0.561. The van der Waals surface area contributed by atoms with Crippen LogP contribution in [0.1, 0.15) is 22.3 Å². The van der Waals surface area contributed by atoms with E-state index in [4.69, 9.17) is 4.42 Å². The number of fused-ring (bicyclic) bond motifs is 22. The van der Waals surface area contributed by atoms with Gasteiger partial charge in [0.15, 0.2) is 0 Å². The molecule has 12 aromatic carbocycles. The van der Waals surface area contributed by atoms with E-state index < -0.39 is 5.41 Å². The fraction of sp³-hybridized carbons (Fsp3) is 0.0159. The van der Waals surface area contributed by atoms with Crippen molar-refractivity contribution in [2.75, 3.05) is 0 Å². The van der Waals surface area contributed by atoms with Gasteiger partial charge in [-0.25, -0.2) is 0 Å². The van der Waals surface area contributed by atoms with Crippen LogP contribution < -0.4 is 0 Å². The van der Waals surface area contributed by atoms with E-state index in [1.54, 1.807) is 0 Å². The Bertz CT molecular complexity index is 4100. The lowest BCUT2D eigenvalue weighted by atomic mass is 9.68. The van der Waals surface area contributed by atoms with Crippen LogP contribution in [0.2, 0.25) is 0 Å². The molecule has 1 heteroatoms. The van der Waals surface area contributed by atoms with E-state index in [0.717, 1.165) is 21.9 Å². The van der Waals surface area contributed by atoms with Crippen LogP contribution in [0.5, 0.6) is 0 Å². The summed E-state index contributed by atoms with van der Waals surface area (Å²) in [4.78, 5) is 0. The highest BCUT2D eigenvalue weighted by molar-refractivity contribution is 6.28. The summed E-state index contributed by atoms with van der Waals surface area (Å²) in [5.41, 5.74) is 17.0. The Kier molecular flexibility index (Phi) is 6.67. The van der Waals surface area contributed by atoms with Crippen molar-refractivity contribution < 1.29 is 4.42 Å². The summed E-state index contributed by atoms with van der Waals surface area (Å²) in [5, 5.41) is 15.0. The number of rotatable bonds is 2. The number of hydrogen-bond acceptors (Lipinski definition) is 1. The van der Waals surface area contributed by atoms with Crippen molar-refractivity contribution in [3.63, 3.8) is 0 Å². The molecule has 2 aliphatic rings. The van der Waals surface area contributed by atoms with E-state index in [0.29, 0.717) is 0 Å². The molecule has 0 atom stereocenters. The van der Waals surface area contributed by atoms with E-state index in [9.17, 15) is 0 Å². The zero-order valence-corrected chi connectivity index (χ0v) is 34.7. The molecule has 1 spiro atoms. The third-order valence-electron chi connectivity index (χ3n) is 14.8. The first kappa shape index (κ1) is 34.3. The maximum atomic E-state index is 6.33. The highest BCUT2D eigenvalue weighted by atomic mass is 16.3. The van der Waals surface area contributed by atoms with Crippen molar-refractivity contribution in [3.05, 3.63) is 241 Å². The van der Waals surface area contributed by atoms with E-state index in [2.05, 4.69) is 212 Å². The highest BCUT2D eigenvalue weighted by Gasteiger charge is 2.53. The van der Waals surface area contributed by atoms with Gasteiger partial charge in [0.05, 0.1) is 5.41 Å². The van der Waals surface area contributed by atoms with Crippen molar-refractivity contribution in [2.45, 2.75) is 5.41 Å². The molecule has 2 aliphatic carbocycles. The second-order valence-corrected chi connectivity index (χ2v) is 17.7. The van der Waals surface area contributed by atoms with Crippen LogP contribution in [0, 0.1) is 0 Å². The van der Waals surface area contributed by atoms with Crippen LogP contribution >= 0.6 is 0 Å². The molecule has 0 saturated heterocycles. The molecule has 64 heavy (non-hydrogen) atoms. The summed E-state index contributed by atoms with van der Waals surface area (Å²) in [6, 6.07) is 81.8. The molecule has 1 nitrogen and oxygen atoms in total. The van der Waals surface area contributed by atoms with Crippen molar-refractivity contribution in [1.29, 1.82) is 0 Å². The molecule has 294 valence electrons. The average Bonchev–Trinajstić information content (AvgIpc) is 4.00. The fourth-order valence-electron chi connectivity index (χ4n) is 12.5. The predicted molar refractivity (Wildman–Crippen MR) is 268 cm³/mol. The molecule has 1 heterocycles. The van der Waals surface area contributed by atoms with Crippen molar-refractivity contribution >= 4 is 75.8 Å². The second kappa shape index (κ2) is 12.4. The fourth-order valence-corrected chi connectivity index (χ4v) is 12.5. The summed E-state index contributed by atoms with van der Waals surface area (Å²) in [6.07, 6.45) is 0. The zero-order chi connectivity index (χ0) is 41.7. The molecule has 0 unspecified atom stereocenters. The van der Waals surface area contributed by atoms with Gasteiger partial charge in [0, 0.05) is 10.8 Å². The summed E-state index contributed by atoms with van der Waals surface area (Å²) in [7, 11) is 0. The number of benzene rings is 12. The molecule has 0 N–H and O–H groups in total. The summed E-state index contributed by atoms with van der Waals surface area (Å²) in [6.45, 7) is 0. The van der Waals surface area contributed by atoms with Crippen LogP contribution in [0.4, 0.5) is 0 Å². The number of hydrogen-bond donors (Lipinski definition) is 0. The first-order chi connectivity index (χ1) is 31.8. The standard InChI is InChI=1S/C63H36O/c1-5-24-45-38(17-1)39-18-3-10-29-50(39)62-61(45)60-44-23-4-2-19-40(44)52(36-55(60)63(62)53-30-14-11-20-41(53)42-21-12-15-31-54(42)63)59-48-27-8-6-25-46(48)58(47-26-7-9-28-49(47)59)37-33-34-57-51(35-37)43-22-13-16-32-56(43)64-57/h1-36H. The van der Waals surface area contributed by atoms with E-state index in [1.807, 2.05) is 6.07 Å². The Morgan fingerprint density at radius 3 is 1.31 bits per heavy atom. The van der Waals surface area contributed by atoms with Crippen molar-refractivity contribution in [1.82, 2.24) is 0 Å². The monoisotopic (exact) mass is 808 g/mol. The lowest BCUT2D eigenvalue weighted by Crippen LogP contribution is -2.26. The molecule has 0 bridgehead atoms. The molecular formula is C63H36O. The lowest BCUT2D eigenvalue weighted by Gasteiger charge is -2.32. The van der Waals surface area contributed by atoms with Gasteiger partial charge in [-0.1, -0.05) is 194 Å². The first-order valence-corrected chi connectivity index (χ1v) is 22.3. The zero-order valence-electron chi connectivity index (χ0n) is 34.7. The Labute approximate surface area is 369 Å². The van der Waals surface area contributed by atoms with Gasteiger partial charge in [-0.05, 0) is 145 Å². The van der Waals surface area contributed by atoms with Crippen LogP contribution in [-0.4, -0.2) is 0 Å². The van der Waals surface area contributed by atoms with Gasteiger partial charge in [0.25, 0.3) is 0 Å². The molecule has 15 rings (SSSR count). The SMILES string of the molecule is c1ccc2c(c1)-c1ccccc1C21c2cc(-c3c4ccccc4c(-c4ccc5oc6ccccc6c5c4)c4ccccc34)c3ccccc3c2-c2c1c1ccccc1c1ccccc21. The molecule has 0 aliphatic heterocycles. The largest absolute Gasteiger partial charge is 0.456 e. The van der Waals surface area contributed by atoms with Crippen LogP contribution in [0.25, 0.3) is 120 Å². The molecule has 0 radical (unpaired) electrons. The summed E-state index contributed by atoms with van der Waals surface area (Å²) >= 11 is 0. The van der Waals surface area contributed by atoms with Crippen molar-refractivity contribution in [3.8, 4) is 44.5 Å². The van der Waals surface area contributed by atoms with Gasteiger partial charge < -0.3 is 4.42 Å². The maximum absolute atomic E-state index is 6.33. The van der Waals surface area contributed by atoms with Gasteiger partial charge in [-0.2, -0.15) is 0 Å². The van der Waals surface area contributed by atoms with Crippen molar-refractivity contribution in [2.24, 2.45) is 0 Å². The lowest BCUT2D eigenvalue weighted by molar-refractivity contribution is 0.669. The molecule has 0 saturated carbocycles. The molecule has 13 aromatic rings. The Hall–Kier alpha value is -8.26. The third-order valence-corrected chi connectivity index (χ3v) is 14.8. The average molecular weight is 809 g/mol. The van der Waals surface area contributed by atoms with Gasteiger partial charge in [-0.3, -0.25) is 0 Å². The summed E-state index contributed by atoms with van der Waals surface area (Å²) < 4.78 is 6.33. The molecule has 0 fully saturated rings. The quantitative estimate of drug-likeness (QED) is 0.125. The smallest absolute Gasteiger partial charge is 0.135 e. The van der Waals surface area contributed by atoms with Crippen LogP contribution in [-0.2, 0) is 5.41 Å². The normalized spacial score (nSPS) is 13.4. The Balaban J connectivity index is 1.13. The Morgan fingerprint density at radius 1 is 0.250 bits per heavy atom. The van der Waals surface area contributed by atoms with Gasteiger partial charge in [0.2, 0.25) is 0 Å². The van der Waals surface area contributed by atoms with Crippen LogP contribution in [0.15, 0.2) is 223 Å². The molecular weight excluding hydrogens is 773 g/mol. The second-order valence-electron chi connectivity index (χ2n) is 17.7. The number of para-hydroxylation sites is 1. The topological polar surface area (TPSA) is 13.1 Å². The van der Waals surface area contributed by atoms with Gasteiger partial charge in [0.1, 0.15) is 11.2 Å². The predicted octanol–water partition coefficient (Wildman–Crippen LogP) is 17.0. The van der Waals surface area contributed by atoms with Gasteiger partial charge in [-0.15, -0.1) is 0 Å².